The second kappa shape index (κ2) is 12.6. The number of para-hydroxylation sites is 3. The molecule has 0 bridgehead atoms. The van der Waals surface area contributed by atoms with Gasteiger partial charge in [0.25, 0.3) is 0 Å². The molecule has 4 heterocycles. The van der Waals surface area contributed by atoms with E-state index in [9.17, 15) is 0 Å². The second-order valence-electron chi connectivity index (χ2n) is 14.6. The van der Waals surface area contributed by atoms with Crippen molar-refractivity contribution in [3.05, 3.63) is 194 Å². The van der Waals surface area contributed by atoms with Gasteiger partial charge in [-0.05, 0) is 48.0 Å². The average molecular weight is 745 g/mol. The lowest BCUT2D eigenvalue weighted by Gasteiger charge is -2.14. The Morgan fingerprint density at radius 2 is 0.947 bits per heavy atom. The molecular formula is C52H32N4S. The van der Waals surface area contributed by atoms with Crippen LogP contribution >= 0.6 is 11.3 Å². The Morgan fingerprint density at radius 1 is 0.368 bits per heavy atom. The molecule has 0 unspecified atom stereocenters. The van der Waals surface area contributed by atoms with Gasteiger partial charge in [0.05, 0.1) is 39.1 Å². The van der Waals surface area contributed by atoms with Crippen molar-refractivity contribution in [2.75, 3.05) is 0 Å². The van der Waals surface area contributed by atoms with E-state index in [1.165, 1.54) is 52.8 Å². The molecule has 0 radical (unpaired) electrons. The summed E-state index contributed by atoms with van der Waals surface area (Å²) in [6.45, 7) is 0. The van der Waals surface area contributed by atoms with Gasteiger partial charge in [-0.3, -0.25) is 4.57 Å². The monoisotopic (exact) mass is 744 g/mol. The lowest BCUT2D eigenvalue weighted by atomic mass is 10.0. The van der Waals surface area contributed by atoms with Crippen molar-refractivity contribution in [2.24, 2.45) is 0 Å². The highest BCUT2D eigenvalue weighted by Gasteiger charge is 2.23. The molecule has 0 aliphatic heterocycles. The van der Waals surface area contributed by atoms with E-state index in [2.05, 4.69) is 191 Å². The third-order valence-electron chi connectivity index (χ3n) is 11.4. The summed E-state index contributed by atoms with van der Waals surface area (Å²) in [4.78, 5) is 10.7. The standard InChI is InChI=1S/C52H32N4S/c1-3-15-33(16-4-1)42-32-43(34-17-5-2-6-18-34)54-52(53-42)56-45-24-12-8-20-37(45)40-29-30-47-50(51(40)56)41-22-9-13-25-46(41)55(47)44-23-11-7-19-36(44)35-27-28-39-38-21-10-14-26-48(38)57-49(39)31-35/h1-32H. The molecule has 8 aromatic carbocycles. The summed E-state index contributed by atoms with van der Waals surface area (Å²) in [6.07, 6.45) is 0. The summed E-state index contributed by atoms with van der Waals surface area (Å²) < 4.78 is 7.36. The first-order chi connectivity index (χ1) is 28.3. The van der Waals surface area contributed by atoms with E-state index in [0.717, 1.165) is 50.3 Å². The Balaban J connectivity index is 1.16. The van der Waals surface area contributed by atoms with Gasteiger partial charge >= 0.3 is 0 Å². The quantitative estimate of drug-likeness (QED) is 0.176. The maximum absolute atomic E-state index is 5.36. The lowest BCUT2D eigenvalue weighted by Crippen LogP contribution is -2.04. The highest BCUT2D eigenvalue weighted by atomic mass is 32.1. The van der Waals surface area contributed by atoms with E-state index in [4.69, 9.17) is 9.97 Å². The van der Waals surface area contributed by atoms with Crippen molar-refractivity contribution in [1.82, 2.24) is 19.1 Å². The van der Waals surface area contributed by atoms with E-state index in [0.29, 0.717) is 5.95 Å². The number of aromatic nitrogens is 4. The first kappa shape index (κ1) is 32.0. The number of nitrogens with zero attached hydrogens (tertiary/aromatic N) is 4. The third kappa shape index (κ3) is 4.93. The number of hydrogen-bond donors (Lipinski definition) is 0. The van der Waals surface area contributed by atoms with Crippen molar-refractivity contribution in [1.29, 1.82) is 0 Å². The van der Waals surface area contributed by atoms with Crippen LogP contribution < -0.4 is 0 Å². The molecule has 4 nitrogen and oxygen atoms in total. The molecule has 5 heteroatoms. The Labute approximate surface area is 332 Å². The molecular weight excluding hydrogens is 713 g/mol. The van der Waals surface area contributed by atoms with Crippen LogP contribution in [0, 0.1) is 0 Å². The van der Waals surface area contributed by atoms with Gasteiger partial charge < -0.3 is 4.57 Å². The van der Waals surface area contributed by atoms with E-state index in [-0.39, 0.29) is 0 Å². The van der Waals surface area contributed by atoms with Crippen molar-refractivity contribution in [3.8, 4) is 45.3 Å². The van der Waals surface area contributed by atoms with E-state index in [1.807, 2.05) is 23.5 Å². The molecule has 0 spiro atoms. The molecule has 0 saturated heterocycles. The zero-order valence-corrected chi connectivity index (χ0v) is 31.5. The summed E-state index contributed by atoms with van der Waals surface area (Å²) in [5, 5.41) is 7.30. The zero-order chi connectivity index (χ0) is 37.5. The van der Waals surface area contributed by atoms with E-state index in [1.54, 1.807) is 0 Å². The SMILES string of the molecule is c1ccc(-c2cc(-c3ccccc3)nc(-n3c4ccccc4c4ccc5c(c6ccccc6n5-c5ccccc5-c5ccc6c(c5)sc5ccccc56)c43)n2)cc1. The molecule has 0 amide bonds. The van der Waals surface area contributed by atoms with Gasteiger partial charge in [0, 0.05) is 58.4 Å². The largest absolute Gasteiger partial charge is 0.309 e. The molecule has 0 aliphatic carbocycles. The third-order valence-corrected chi connectivity index (χ3v) is 12.5. The van der Waals surface area contributed by atoms with Gasteiger partial charge in [-0.2, -0.15) is 0 Å². The minimum atomic E-state index is 0.641. The average Bonchev–Trinajstić information content (AvgIpc) is 3.94. The summed E-state index contributed by atoms with van der Waals surface area (Å²) in [5.41, 5.74) is 11.8. The van der Waals surface area contributed by atoms with Crippen LogP contribution in [0.2, 0.25) is 0 Å². The molecule has 0 N–H and O–H groups in total. The van der Waals surface area contributed by atoms with Crippen molar-refractivity contribution in [3.63, 3.8) is 0 Å². The van der Waals surface area contributed by atoms with Crippen LogP contribution in [0.15, 0.2) is 194 Å². The Morgan fingerprint density at radius 3 is 1.70 bits per heavy atom. The number of rotatable bonds is 5. The molecule has 266 valence electrons. The van der Waals surface area contributed by atoms with Crippen LogP contribution in [0.25, 0.3) is 109 Å². The molecule has 0 fully saturated rings. The number of hydrogen-bond acceptors (Lipinski definition) is 3. The van der Waals surface area contributed by atoms with Crippen LogP contribution in [0.5, 0.6) is 0 Å². The summed E-state index contributed by atoms with van der Waals surface area (Å²) in [7, 11) is 0. The Bertz CT molecular complexity index is 3460. The van der Waals surface area contributed by atoms with Crippen molar-refractivity contribution in [2.45, 2.75) is 0 Å². The Kier molecular flexibility index (Phi) is 7.06. The second-order valence-corrected chi connectivity index (χ2v) is 15.6. The first-order valence-corrected chi connectivity index (χ1v) is 20.1. The molecule has 12 aromatic rings. The summed E-state index contributed by atoms with van der Waals surface area (Å²) in [6, 6.07) is 69.5. The fraction of sp³-hybridized carbons (Fsp3) is 0. The first-order valence-electron chi connectivity index (χ1n) is 19.3. The topological polar surface area (TPSA) is 35.6 Å². The van der Waals surface area contributed by atoms with Crippen LogP contribution in [0.4, 0.5) is 0 Å². The highest BCUT2D eigenvalue weighted by Crippen LogP contribution is 2.44. The van der Waals surface area contributed by atoms with Crippen LogP contribution in [-0.2, 0) is 0 Å². The number of thiophene rings is 1. The maximum Gasteiger partial charge on any atom is 0.235 e. The fourth-order valence-corrected chi connectivity index (χ4v) is 9.98. The molecule has 12 rings (SSSR count). The van der Waals surface area contributed by atoms with Gasteiger partial charge in [0.15, 0.2) is 0 Å². The fourth-order valence-electron chi connectivity index (χ4n) is 8.83. The Hall–Kier alpha value is -7.34. The van der Waals surface area contributed by atoms with Gasteiger partial charge in [0.2, 0.25) is 5.95 Å². The van der Waals surface area contributed by atoms with Crippen LogP contribution in [0.1, 0.15) is 0 Å². The molecule has 0 atom stereocenters. The summed E-state index contributed by atoms with van der Waals surface area (Å²) in [5.74, 6) is 0.641. The lowest BCUT2D eigenvalue weighted by molar-refractivity contribution is 0.998. The van der Waals surface area contributed by atoms with Gasteiger partial charge in [-0.15, -0.1) is 11.3 Å². The number of fused-ring (bicyclic) bond motifs is 10. The van der Waals surface area contributed by atoms with E-state index < -0.39 is 0 Å². The molecule has 57 heavy (non-hydrogen) atoms. The molecule has 4 aromatic heterocycles. The van der Waals surface area contributed by atoms with Crippen LogP contribution in [-0.4, -0.2) is 19.1 Å². The predicted molar refractivity (Wildman–Crippen MR) is 240 cm³/mol. The van der Waals surface area contributed by atoms with Crippen molar-refractivity contribution >= 4 is 75.1 Å². The predicted octanol–water partition coefficient (Wildman–Crippen LogP) is 14.0. The minimum absolute atomic E-state index is 0.641. The highest BCUT2D eigenvalue weighted by molar-refractivity contribution is 7.25. The molecule has 0 aliphatic rings. The van der Waals surface area contributed by atoms with Gasteiger partial charge in [0.1, 0.15) is 0 Å². The van der Waals surface area contributed by atoms with Gasteiger partial charge in [-0.25, -0.2) is 9.97 Å². The van der Waals surface area contributed by atoms with Gasteiger partial charge in [-0.1, -0.05) is 152 Å². The zero-order valence-electron chi connectivity index (χ0n) is 30.7. The van der Waals surface area contributed by atoms with Crippen molar-refractivity contribution < 1.29 is 0 Å². The smallest absolute Gasteiger partial charge is 0.235 e. The molecule has 0 saturated carbocycles. The number of benzene rings is 8. The van der Waals surface area contributed by atoms with E-state index >= 15 is 0 Å². The minimum Gasteiger partial charge on any atom is -0.309 e. The summed E-state index contributed by atoms with van der Waals surface area (Å²) >= 11 is 1.86. The normalized spacial score (nSPS) is 11.9. The van der Waals surface area contributed by atoms with Crippen LogP contribution in [0.3, 0.4) is 0 Å². The maximum atomic E-state index is 5.36.